The molecule has 0 fully saturated rings. The van der Waals surface area contributed by atoms with Crippen molar-refractivity contribution in [3.63, 3.8) is 0 Å². The van der Waals surface area contributed by atoms with Gasteiger partial charge in [0.15, 0.2) is 0 Å². The summed E-state index contributed by atoms with van der Waals surface area (Å²) in [5.41, 5.74) is 2.33. The Kier molecular flexibility index (Phi) is 6.36. The first-order valence-electron chi connectivity index (χ1n) is 8.89. The summed E-state index contributed by atoms with van der Waals surface area (Å²) in [6.07, 6.45) is 3.72. The molecule has 0 bridgehead atoms. The molecule has 0 aliphatic rings. The standard InChI is InChI=1S/C22H21N3O3/c1-28-18-9-7-17(8-10-18)21(26)25-20-15-23-13-12-19(20)22(27)24-14-11-16-5-3-2-4-6-16/h2-10,12-13,15H,11,14H2,1H3,(H,24,27)(H,25,26). The minimum Gasteiger partial charge on any atom is -0.497 e. The predicted octanol–water partition coefficient (Wildman–Crippen LogP) is 3.32. The quantitative estimate of drug-likeness (QED) is 0.664. The minimum absolute atomic E-state index is 0.261. The molecule has 3 rings (SSSR count). The summed E-state index contributed by atoms with van der Waals surface area (Å²) in [5.74, 6) is 0.0776. The third kappa shape index (κ3) is 4.94. The van der Waals surface area contributed by atoms with Gasteiger partial charge >= 0.3 is 0 Å². The monoisotopic (exact) mass is 375 g/mol. The number of pyridine rings is 1. The molecule has 2 aromatic carbocycles. The predicted molar refractivity (Wildman–Crippen MR) is 108 cm³/mol. The molecule has 0 saturated carbocycles. The molecule has 0 saturated heterocycles. The molecule has 6 heteroatoms. The number of carbonyl (C=O) groups excluding carboxylic acids is 2. The van der Waals surface area contributed by atoms with Gasteiger partial charge in [-0.25, -0.2) is 0 Å². The summed E-state index contributed by atoms with van der Waals surface area (Å²) in [7, 11) is 1.56. The number of ether oxygens (including phenoxy) is 1. The fourth-order valence-electron chi connectivity index (χ4n) is 2.69. The normalized spacial score (nSPS) is 10.2. The largest absolute Gasteiger partial charge is 0.497 e. The van der Waals surface area contributed by atoms with E-state index in [2.05, 4.69) is 15.6 Å². The summed E-state index contributed by atoms with van der Waals surface area (Å²) < 4.78 is 5.09. The van der Waals surface area contributed by atoms with Crippen LogP contribution in [-0.4, -0.2) is 30.5 Å². The smallest absolute Gasteiger partial charge is 0.255 e. The lowest BCUT2D eigenvalue weighted by molar-refractivity contribution is 0.0955. The van der Waals surface area contributed by atoms with Crippen molar-refractivity contribution in [2.24, 2.45) is 0 Å². The van der Waals surface area contributed by atoms with E-state index in [4.69, 9.17) is 4.74 Å². The second-order valence-electron chi connectivity index (χ2n) is 6.10. The van der Waals surface area contributed by atoms with E-state index in [1.165, 1.54) is 12.4 Å². The van der Waals surface area contributed by atoms with Crippen molar-refractivity contribution >= 4 is 17.5 Å². The zero-order chi connectivity index (χ0) is 19.8. The van der Waals surface area contributed by atoms with Gasteiger partial charge in [0.1, 0.15) is 5.75 Å². The van der Waals surface area contributed by atoms with Crippen LogP contribution in [0.25, 0.3) is 0 Å². The summed E-state index contributed by atoms with van der Waals surface area (Å²) >= 11 is 0. The zero-order valence-electron chi connectivity index (χ0n) is 15.5. The van der Waals surface area contributed by atoms with Crippen LogP contribution in [0, 0.1) is 0 Å². The van der Waals surface area contributed by atoms with Gasteiger partial charge in [-0.3, -0.25) is 14.6 Å². The molecule has 0 aliphatic heterocycles. The van der Waals surface area contributed by atoms with Crippen molar-refractivity contribution in [2.45, 2.75) is 6.42 Å². The Hall–Kier alpha value is -3.67. The number of nitrogens with one attached hydrogen (secondary N) is 2. The lowest BCUT2D eigenvalue weighted by Crippen LogP contribution is -2.27. The average Bonchev–Trinajstić information content (AvgIpc) is 2.75. The minimum atomic E-state index is -0.325. The van der Waals surface area contributed by atoms with Crippen LogP contribution >= 0.6 is 0 Å². The topological polar surface area (TPSA) is 80.3 Å². The van der Waals surface area contributed by atoms with Crippen LogP contribution in [-0.2, 0) is 6.42 Å². The van der Waals surface area contributed by atoms with E-state index < -0.39 is 0 Å². The highest BCUT2D eigenvalue weighted by atomic mass is 16.5. The van der Waals surface area contributed by atoms with E-state index in [1.807, 2.05) is 30.3 Å². The van der Waals surface area contributed by atoms with Crippen LogP contribution in [0.1, 0.15) is 26.3 Å². The molecular formula is C22H21N3O3. The van der Waals surface area contributed by atoms with Gasteiger partial charge in [-0.1, -0.05) is 30.3 Å². The molecule has 0 spiro atoms. The molecule has 3 aromatic rings. The molecule has 0 aliphatic carbocycles. The summed E-state index contributed by atoms with van der Waals surface area (Å²) in [5, 5.41) is 5.63. The maximum atomic E-state index is 12.6. The molecule has 142 valence electrons. The lowest BCUT2D eigenvalue weighted by Gasteiger charge is -2.11. The first-order chi connectivity index (χ1) is 13.7. The summed E-state index contributed by atoms with van der Waals surface area (Å²) in [4.78, 5) is 29.0. The van der Waals surface area contributed by atoms with Gasteiger partial charge < -0.3 is 15.4 Å². The average molecular weight is 375 g/mol. The third-order valence-electron chi connectivity index (χ3n) is 4.21. The molecule has 2 N–H and O–H groups in total. The molecule has 1 heterocycles. The Morgan fingerprint density at radius 1 is 0.964 bits per heavy atom. The van der Waals surface area contributed by atoms with E-state index in [0.29, 0.717) is 29.1 Å². The third-order valence-corrected chi connectivity index (χ3v) is 4.21. The van der Waals surface area contributed by atoms with Crippen LogP contribution in [0.4, 0.5) is 5.69 Å². The van der Waals surface area contributed by atoms with Crippen LogP contribution in [0.2, 0.25) is 0 Å². The van der Waals surface area contributed by atoms with Gasteiger partial charge in [-0.15, -0.1) is 0 Å². The zero-order valence-corrected chi connectivity index (χ0v) is 15.5. The summed E-state index contributed by atoms with van der Waals surface area (Å²) in [6, 6.07) is 18.2. The fourth-order valence-corrected chi connectivity index (χ4v) is 2.69. The number of anilines is 1. The van der Waals surface area contributed by atoms with Crippen molar-refractivity contribution < 1.29 is 14.3 Å². The van der Waals surface area contributed by atoms with Crippen molar-refractivity contribution in [3.05, 3.63) is 89.7 Å². The second kappa shape index (κ2) is 9.32. The Morgan fingerprint density at radius 2 is 1.71 bits per heavy atom. The number of methoxy groups -OCH3 is 1. The van der Waals surface area contributed by atoms with Crippen LogP contribution < -0.4 is 15.4 Å². The fraction of sp³-hybridized carbons (Fsp3) is 0.136. The molecular weight excluding hydrogens is 354 g/mol. The van der Waals surface area contributed by atoms with Crippen LogP contribution in [0.5, 0.6) is 5.75 Å². The number of carbonyl (C=O) groups is 2. The van der Waals surface area contributed by atoms with Gasteiger partial charge in [-0.05, 0) is 42.3 Å². The molecule has 2 amide bonds. The number of hydrogen-bond acceptors (Lipinski definition) is 4. The van der Waals surface area contributed by atoms with E-state index in [-0.39, 0.29) is 11.8 Å². The number of benzene rings is 2. The molecule has 0 unspecified atom stereocenters. The van der Waals surface area contributed by atoms with Gasteiger partial charge in [-0.2, -0.15) is 0 Å². The molecule has 0 radical (unpaired) electrons. The highest BCUT2D eigenvalue weighted by Crippen LogP contribution is 2.17. The van der Waals surface area contributed by atoms with Crippen LogP contribution in [0.15, 0.2) is 73.1 Å². The van der Waals surface area contributed by atoms with Crippen molar-refractivity contribution in [1.29, 1.82) is 0 Å². The van der Waals surface area contributed by atoms with Gasteiger partial charge in [0.05, 0.1) is 24.6 Å². The number of amides is 2. The number of hydrogen-bond donors (Lipinski definition) is 2. The van der Waals surface area contributed by atoms with Gasteiger partial charge in [0.2, 0.25) is 0 Å². The highest BCUT2D eigenvalue weighted by molar-refractivity contribution is 6.08. The Morgan fingerprint density at radius 3 is 2.43 bits per heavy atom. The first-order valence-corrected chi connectivity index (χ1v) is 8.89. The molecule has 0 atom stereocenters. The summed E-state index contributed by atoms with van der Waals surface area (Å²) in [6.45, 7) is 0.497. The number of aromatic nitrogens is 1. The Labute approximate surface area is 163 Å². The van der Waals surface area contributed by atoms with E-state index in [1.54, 1.807) is 37.4 Å². The van der Waals surface area contributed by atoms with E-state index in [9.17, 15) is 9.59 Å². The Bertz CT molecular complexity index is 941. The molecule has 6 nitrogen and oxygen atoms in total. The van der Waals surface area contributed by atoms with Gasteiger partial charge in [0.25, 0.3) is 11.8 Å². The van der Waals surface area contributed by atoms with Gasteiger partial charge in [0, 0.05) is 18.3 Å². The SMILES string of the molecule is COc1ccc(C(=O)Nc2cnccc2C(=O)NCCc2ccccc2)cc1. The number of rotatable bonds is 7. The van der Waals surface area contributed by atoms with Crippen LogP contribution in [0.3, 0.4) is 0 Å². The highest BCUT2D eigenvalue weighted by Gasteiger charge is 2.14. The van der Waals surface area contributed by atoms with E-state index >= 15 is 0 Å². The Balaban J connectivity index is 1.64. The maximum Gasteiger partial charge on any atom is 0.255 e. The van der Waals surface area contributed by atoms with E-state index in [0.717, 1.165) is 12.0 Å². The maximum absolute atomic E-state index is 12.6. The first kappa shape index (κ1) is 19.1. The molecule has 1 aromatic heterocycles. The van der Waals surface area contributed by atoms with Crippen molar-refractivity contribution in [1.82, 2.24) is 10.3 Å². The van der Waals surface area contributed by atoms with Crippen molar-refractivity contribution in [2.75, 3.05) is 19.0 Å². The molecule has 28 heavy (non-hydrogen) atoms. The lowest BCUT2D eigenvalue weighted by atomic mass is 10.1. The van der Waals surface area contributed by atoms with Crippen molar-refractivity contribution in [3.8, 4) is 5.75 Å². The second-order valence-corrected chi connectivity index (χ2v) is 6.10. The number of nitrogens with zero attached hydrogens (tertiary/aromatic N) is 1.